The van der Waals surface area contributed by atoms with Crippen LogP contribution in [0.1, 0.15) is 185 Å². The molecular formula is C71H85F4N11O5. The predicted molar refractivity (Wildman–Crippen MR) is 338 cm³/mol. The van der Waals surface area contributed by atoms with Crippen molar-refractivity contribution in [3.8, 4) is 0 Å². The Morgan fingerprint density at radius 1 is 0.429 bits per heavy atom. The fourth-order valence-electron chi connectivity index (χ4n) is 16.2. The lowest BCUT2D eigenvalue weighted by molar-refractivity contribution is -0.154. The van der Waals surface area contributed by atoms with Gasteiger partial charge in [0.1, 0.15) is 28.3 Å². The van der Waals surface area contributed by atoms with Crippen molar-refractivity contribution in [3.63, 3.8) is 0 Å². The highest BCUT2D eigenvalue weighted by Gasteiger charge is 2.62. The second-order valence-corrected chi connectivity index (χ2v) is 26.7. The standard InChI is InChI=1S/2C24H28F2N4O2.C23H29N3O/c2*1-2-3-12-29-19-11-7-5-9-17(19)27-20(29)13-30-18-10-6-4-8-16(18)24(23(30)32)14-28(15-24)22(31)21(25)26;1-2-3-15-25-20-12-7-5-10-18(20)24-21(25)16-26-19-11-6-4-9-17(19)23(22(26)27)13-8-14-23/h2*4,6,8,10,21H,2-3,5,7,9,11-15H2,1H3;4,6,9,11H,2-3,5,7-8,10,12-16H2,1H3. The van der Waals surface area contributed by atoms with Crippen LogP contribution in [0, 0.1) is 0 Å². The molecule has 8 heterocycles. The monoisotopic (exact) mass is 1250 g/mol. The number of alkyl halides is 4. The number of nitrogens with zero attached hydrogens (tertiary/aromatic N) is 11. The van der Waals surface area contributed by atoms with Gasteiger partial charge in [0.25, 0.3) is 11.8 Å². The van der Waals surface area contributed by atoms with Crippen LogP contribution in [0.2, 0.25) is 0 Å². The number of rotatable bonds is 17. The first kappa shape index (κ1) is 62.2. The Hall–Kier alpha value is -7.64. The normalized spacial score (nSPS) is 19.1. The van der Waals surface area contributed by atoms with Crippen LogP contribution in [0.25, 0.3) is 0 Å². The molecule has 0 N–H and O–H groups in total. The van der Waals surface area contributed by atoms with E-state index in [0.717, 1.165) is 196 Å². The number of carbonyl (C=O) groups is 5. The van der Waals surface area contributed by atoms with Crippen LogP contribution in [-0.4, -0.2) is 107 Å². The van der Waals surface area contributed by atoms with Gasteiger partial charge < -0.3 is 38.2 Å². The van der Waals surface area contributed by atoms with Gasteiger partial charge in [-0.05, 0) is 144 Å². The number of aryl methyl sites for hydroxylation is 3. The van der Waals surface area contributed by atoms with Crippen molar-refractivity contribution in [2.75, 3.05) is 40.9 Å². The lowest BCUT2D eigenvalue weighted by Gasteiger charge is -2.46. The van der Waals surface area contributed by atoms with Gasteiger partial charge in [-0.15, -0.1) is 0 Å². The van der Waals surface area contributed by atoms with Crippen LogP contribution in [0.3, 0.4) is 0 Å². The number of carbonyl (C=O) groups excluding carboxylic acids is 5. The zero-order valence-electron chi connectivity index (χ0n) is 53.0. The minimum atomic E-state index is -3.05. The van der Waals surface area contributed by atoms with Crippen molar-refractivity contribution in [3.05, 3.63) is 141 Å². The number of unbranched alkanes of at least 4 members (excludes halogenated alkanes) is 3. The van der Waals surface area contributed by atoms with Crippen LogP contribution >= 0.6 is 0 Å². The van der Waals surface area contributed by atoms with Gasteiger partial charge in [0.05, 0.1) is 42.1 Å². The molecule has 3 fully saturated rings. The van der Waals surface area contributed by atoms with Crippen molar-refractivity contribution in [2.45, 2.75) is 224 Å². The summed E-state index contributed by atoms with van der Waals surface area (Å²) in [6.45, 7) is 10.7. The van der Waals surface area contributed by atoms with E-state index in [4.69, 9.17) is 15.0 Å². The quantitative estimate of drug-likeness (QED) is 0.0818. The van der Waals surface area contributed by atoms with E-state index in [1.807, 2.05) is 53.4 Å². The first-order valence-electron chi connectivity index (χ1n) is 33.8. The molecule has 20 heteroatoms. The molecule has 0 atom stereocenters. The minimum absolute atomic E-state index is 0.00327. The van der Waals surface area contributed by atoms with E-state index in [1.54, 1.807) is 9.80 Å². The maximum Gasteiger partial charge on any atom is 0.315 e. The smallest absolute Gasteiger partial charge is 0.315 e. The minimum Gasteiger partial charge on any atom is -0.335 e. The van der Waals surface area contributed by atoms with Crippen molar-refractivity contribution < 1.29 is 41.5 Å². The molecule has 0 radical (unpaired) electrons. The zero-order valence-corrected chi connectivity index (χ0v) is 53.0. The summed E-state index contributed by atoms with van der Waals surface area (Å²) in [6, 6.07) is 23.5. The predicted octanol–water partition coefficient (Wildman–Crippen LogP) is 11.4. The first-order chi connectivity index (χ1) is 44.2. The van der Waals surface area contributed by atoms with Gasteiger partial charge in [-0.2, -0.15) is 17.6 Å². The number of hydrogen-bond donors (Lipinski definition) is 0. The van der Waals surface area contributed by atoms with Crippen molar-refractivity contribution in [1.29, 1.82) is 0 Å². The summed E-state index contributed by atoms with van der Waals surface area (Å²) in [5, 5.41) is 0. The molecule has 4 aliphatic carbocycles. The molecule has 6 aromatic rings. The summed E-state index contributed by atoms with van der Waals surface area (Å²) < 4.78 is 58.6. The lowest BCUT2D eigenvalue weighted by atomic mass is 9.65. The molecular weight excluding hydrogens is 1160 g/mol. The number of benzene rings is 3. The molecule has 2 saturated heterocycles. The van der Waals surface area contributed by atoms with Gasteiger partial charge >= 0.3 is 12.9 Å². The van der Waals surface area contributed by atoms with Gasteiger partial charge in [-0.3, -0.25) is 24.0 Å². The van der Waals surface area contributed by atoms with E-state index in [9.17, 15) is 41.5 Å². The summed E-state index contributed by atoms with van der Waals surface area (Å²) in [5.74, 6) is 0.521. The van der Waals surface area contributed by atoms with Crippen molar-refractivity contribution in [1.82, 2.24) is 38.5 Å². The topological polar surface area (TPSA) is 155 Å². The Bertz CT molecular complexity index is 3590. The lowest BCUT2D eigenvalue weighted by Crippen LogP contribution is -2.66. The number of imidazole rings is 3. The molecule has 3 spiro atoms. The molecule has 5 aliphatic heterocycles. The number of fused-ring (bicyclic) bond motifs is 9. The molecule has 15 rings (SSSR count). The summed E-state index contributed by atoms with van der Waals surface area (Å²) in [7, 11) is 0. The number of aromatic nitrogens is 6. The highest BCUT2D eigenvalue weighted by atomic mass is 19.3. The first-order valence-corrected chi connectivity index (χ1v) is 33.8. The van der Waals surface area contributed by atoms with Gasteiger partial charge in [0.2, 0.25) is 17.7 Å². The summed E-state index contributed by atoms with van der Waals surface area (Å²) in [6.07, 6.45) is 17.0. The van der Waals surface area contributed by atoms with Crippen LogP contribution in [0.5, 0.6) is 0 Å². The number of amides is 5. The molecule has 16 nitrogen and oxygen atoms in total. The van der Waals surface area contributed by atoms with E-state index >= 15 is 0 Å². The average Bonchev–Trinajstić information content (AvgIpc) is 1.58. The molecule has 1 saturated carbocycles. The third-order valence-electron chi connectivity index (χ3n) is 21.2. The van der Waals surface area contributed by atoms with Crippen LogP contribution in [-0.2, 0) is 118 Å². The molecule has 5 amide bonds. The Kier molecular flexibility index (Phi) is 17.4. The Balaban J connectivity index is 0.000000125. The number of anilines is 3. The Morgan fingerprint density at radius 3 is 1.02 bits per heavy atom. The number of halogens is 4. The fourth-order valence-corrected chi connectivity index (χ4v) is 16.2. The van der Waals surface area contributed by atoms with E-state index < -0.39 is 35.5 Å². The van der Waals surface area contributed by atoms with E-state index in [1.165, 1.54) is 54.0 Å². The van der Waals surface area contributed by atoms with E-state index in [2.05, 4.69) is 58.7 Å². The van der Waals surface area contributed by atoms with Crippen LogP contribution in [0.4, 0.5) is 34.6 Å². The second kappa shape index (κ2) is 25.5. The van der Waals surface area contributed by atoms with Gasteiger partial charge in [-0.1, -0.05) is 101 Å². The molecule has 0 unspecified atom stereocenters. The molecule has 0 bridgehead atoms. The maximum absolute atomic E-state index is 13.6. The highest BCUT2D eigenvalue weighted by Crippen LogP contribution is 2.54. The Labute approximate surface area is 530 Å². The molecule has 91 heavy (non-hydrogen) atoms. The maximum atomic E-state index is 13.6. The number of para-hydroxylation sites is 3. The highest BCUT2D eigenvalue weighted by molar-refractivity contribution is 6.11. The van der Waals surface area contributed by atoms with Gasteiger partial charge in [0.15, 0.2) is 0 Å². The largest absolute Gasteiger partial charge is 0.335 e. The molecule has 482 valence electrons. The number of likely N-dealkylation sites (tertiary alicyclic amines) is 2. The summed E-state index contributed by atoms with van der Waals surface area (Å²) in [4.78, 5) is 86.8. The van der Waals surface area contributed by atoms with E-state index in [-0.39, 0.29) is 43.4 Å². The number of hydrogen-bond acceptors (Lipinski definition) is 8. The summed E-state index contributed by atoms with van der Waals surface area (Å²) >= 11 is 0. The second-order valence-electron chi connectivity index (χ2n) is 26.7. The molecule has 9 aliphatic rings. The van der Waals surface area contributed by atoms with Crippen molar-refractivity contribution in [2.24, 2.45) is 0 Å². The average molecular weight is 1250 g/mol. The van der Waals surface area contributed by atoms with Crippen LogP contribution in [0.15, 0.2) is 72.8 Å². The van der Waals surface area contributed by atoms with Gasteiger partial charge in [0, 0.05) is 80.0 Å². The summed E-state index contributed by atoms with van der Waals surface area (Å²) in [5.41, 5.74) is 11.1. The zero-order chi connectivity index (χ0) is 63.3. The fraction of sp³-hybridized carbons (Fsp3) is 0.549. The van der Waals surface area contributed by atoms with E-state index in [0.29, 0.717) is 25.5 Å². The van der Waals surface area contributed by atoms with Crippen molar-refractivity contribution >= 4 is 46.6 Å². The third kappa shape index (κ3) is 10.8. The molecule has 3 aromatic heterocycles. The molecule has 3 aromatic carbocycles. The van der Waals surface area contributed by atoms with Gasteiger partial charge in [-0.25, -0.2) is 15.0 Å². The SMILES string of the molecule is CCCCn1c(CN2C(=O)C3(CCC3)c3ccccc32)nc2c1CCCC2.CCCCn1c(CN2C(=O)C3(CN(C(=O)C(F)F)C3)c3ccccc32)nc2c1CCCC2.CCCCn1c(CN2C(=O)C3(CN(C(=O)C(F)F)C3)c3ccccc32)nc2c1CCCC2. The van der Waals surface area contributed by atoms with Crippen LogP contribution < -0.4 is 14.7 Å². The Morgan fingerprint density at radius 2 is 0.725 bits per heavy atom. The third-order valence-corrected chi connectivity index (χ3v) is 21.2.